The van der Waals surface area contributed by atoms with Gasteiger partial charge in [0.15, 0.2) is 5.82 Å². The highest BCUT2D eigenvalue weighted by atomic mass is 32.2. The Morgan fingerprint density at radius 2 is 1.64 bits per heavy atom. The van der Waals surface area contributed by atoms with Gasteiger partial charge in [-0.3, -0.25) is 9.59 Å². The largest absolute Gasteiger partial charge is 0.325 e. The lowest BCUT2D eigenvalue weighted by molar-refractivity contribution is -0.114. The minimum absolute atomic E-state index is 0.139. The van der Waals surface area contributed by atoms with E-state index in [9.17, 15) is 9.59 Å². The topological polar surface area (TPSA) is 102 Å². The summed E-state index contributed by atoms with van der Waals surface area (Å²) in [6.45, 7) is 1.96. The third kappa shape index (κ3) is 5.40. The van der Waals surface area contributed by atoms with Gasteiger partial charge in [-0.15, -0.1) is 16.9 Å². The molecule has 0 radical (unpaired) electrons. The molecule has 2 N–H and O–H groups in total. The Labute approximate surface area is 166 Å². The van der Waals surface area contributed by atoms with Gasteiger partial charge in [-0.05, 0) is 47.2 Å². The molecule has 9 heteroatoms. The van der Waals surface area contributed by atoms with Crippen LogP contribution in [0.2, 0.25) is 0 Å². The van der Waals surface area contributed by atoms with Crippen molar-refractivity contribution in [3.8, 4) is 11.4 Å². The maximum atomic E-state index is 12.2. The number of carbonyl (C=O) groups is 2. The van der Waals surface area contributed by atoms with Crippen molar-refractivity contribution < 1.29 is 9.59 Å². The number of aryl methyl sites for hydroxylation is 2. The van der Waals surface area contributed by atoms with E-state index in [0.29, 0.717) is 11.5 Å². The number of hydrogen-bond donors (Lipinski definition) is 2. The van der Waals surface area contributed by atoms with Gasteiger partial charge in [-0.25, -0.2) is 4.68 Å². The molecule has 0 fully saturated rings. The molecule has 0 atom stereocenters. The van der Waals surface area contributed by atoms with Gasteiger partial charge in [0, 0.05) is 24.0 Å². The number of anilines is 2. The zero-order valence-corrected chi connectivity index (χ0v) is 16.4. The SMILES string of the molecule is Cc1cccc(NC(=O)CSCC(=O)Nc2cccc(-c3nnnn3C)c2)c1. The maximum absolute atomic E-state index is 12.2. The molecule has 144 valence electrons. The molecule has 0 aliphatic carbocycles. The zero-order chi connectivity index (χ0) is 19.9. The Balaban J connectivity index is 1.47. The molecular weight excluding hydrogens is 376 g/mol. The van der Waals surface area contributed by atoms with Crippen molar-refractivity contribution in [2.75, 3.05) is 22.1 Å². The van der Waals surface area contributed by atoms with Crippen LogP contribution in [0, 0.1) is 6.92 Å². The van der Waals surface area contributed by atoms with E-state index in [2.05, 4.69) is 26.2 Å². The van der Waals surface area contributed by atoms with Crippen molar-refractivity contribution in [1.29, 1.82) is 0 Å². The Morgan fingerprint density at radius 1 is 1.00 bits per heavy atom. The number of thioether (sulfide) groups is 1. The van der Waals surface area contributed by atoms with E-state index in [0.717, 1.165) is 16.8 Å². The van der Waals surface area contributed by atoms with E-state index in [-0.39, 0.29) is 23.3 Å². The molecule has 3 rings (SSSR count). The Hall–Kier alpha value is -3.20. The second-order valence-electron chi connectivity index (χ2n) is 6.17. The summed E-state index contributed by atoms with van der Waals surface area (Å²) in [5, 5.41) is 17.0. The molecule has 0 aliphatic heterocycles. The number of nitrogens with one attached hydrogen (secondary N) is 2. The molecule has 0 unspecified atom stereocenters. The summed E-state index contributed by atoms with van der Waals surface area (Å²) < 4.78 is 1.56. The molecule has 0 spiro atoms. The van der Waals surface area contributed by atoms with E-state index < -0.39 is 0 Å². The Bertz CT molecular complexity index is 988. The molecule has 0 aliphatic rings. The molecule has 8 nitrogen and oxygen atoms in total. The zero-order valence-electron chi connectivity index (χ0n) is 15.5. The van der Waals surface area contributed by atoms with Crippen molar-refractivity contribution >= 4 is 35.0 Å². The van der Waals surface area contributed by atoms with E-state index >= 15 is 0 Å². The van der Waals surface area contributed by atoms with Crippen LogP contribution in [-0.4, -0.2) is 43.5 Å². The average Bonchev–Trinajstić information content (AvgIpc) is 3.08. The van der Waals surface area contributed by atoms with Crippen LogP contribution in [0.25, 0.3) is 11.4 Å². The van der Waals surface area contributed by atoms with Crippen LogP contribution < -0.4 is 10.6 Å². The normalized spacial score (nSPS) is 10.5. The summed E-state index contributed by atoms with van der Waals surface area (Å²) in [7, 11) is 1.75. The lowest BCUT2D eigenvalue weighted by Gasteiger charge is -2.08. The number of nitrogens with zero attached hydrogens (tertiary/aromatic N) is 4. The molecule has 1 aromatic heterocycles. The number of amides is 2. The highest BCUT2D eigenvalue weighted by Gasteiger charge is 2.09. The first-order valence-electron chi connectivity index (χ1n) is 8.58. The first-order valence-corrected chi connectivity index (χ1v) is 9.73. The summed E-state index contributed by atoms with van der Waals surface area (Å²) >= 11 is 1.26. The molecule has 28 heavy (non-hydrogen) atoms. The quantitative estimate of drug-likeness (QED) is 0.636. The van der Waals surface area contributed by atoms with Gasteiger partial charge in [0.05, 0.1) is 11.5 Å². The molecular formula is C19H20N6O2S. The molecule has 0 saturated carbocycles. The summed E-state index contributed by atoms with van der Waals surface area (Å²) in [6, 6.07) is 14.9. The molecule has 0 bridgehead atoms. The highest BCUT2D eigenvalue weighted by Crippen LogP contribution is 2.19. The van der Waals surface area contributed by atoms with Gasteiger partial charge in [0.1, 0.15) is 0 Å². The van der Waals surface area contributed by atoms with Gasteiger partial charge in [0.25, 0.3) is 0 Å². The summed E-state index contributed by atoms with van der Waals surface area (Å²) in [4.78, 5) is 24.1. The van der Waals surface area contributed by atoms with Crippen molar-refractivity contribution in [3.63, 3.8) is 0 Å². The number of aromatic nitrogens is 4. The minimum Gasteiger partial charge on any atom is -0.325 e. The van der Waals surface area contributed by atoms with Crippen LogP contribution in [0.1, 0.15) is 5.56 Å². The molecule has 1 heterocycles. The number of carbonyl (C=O) groups excluding carboxylic acids is 2. The van der Waals surface area contributed by atoms with Crippen LogP contribution in [0.15, 0.2) is 48.5 Å². The standard InChI is InChI=1S/C19H20N6O2S/c1-13-5-3-7-15(9-13)20-17(26)11-28-12-18(27)21-16-8-4-6-14(10-16)19-22-23-24-25(19)2/h3-10H,11-12H2,1-2H3,(H,20,26)(H,21,27). The van der Waals surface area contributed by atoms with Crippen molar-refractivity contribution in [2.45, 2.75) is 6.92 Å². The number of tetrazole rings is 1. The lowest BCUT2D eigenvalue weighted by atomic mass is 10.2. The number of hydrogen-bond acceptors (Lipinski definition) is 6. The van der Waals surface area contributed by atoms with Crippen LogP contribution >= 0.6 is 11.8 Å². The summed E-state index contributed by atoms with van der Waals surface area (Å²) in [5.74, 6) is 0.670. The predicted molar refractivity (Wildman–Crippen MR) is 110 cm³/mol. The van der Waals surface area contributed by atoms with Crippen molar-refractivity contribution in [1.82, 2.24) is 20.2 Å². The van der Waals surface area contributed by atoms with Crippen LogP contribution in [0.3, 0.4) is 0 Å². The first kappa shape index (κ1) is 19.6. The van der Waals surface area contributed by atoms with E-state index in [4.69, 9.17) is 0 Å². The third-order valence-corrected chi connectivity index (χ3v) is 4.73. The lowest BCUT2D eigenvalue weighted by Crippen LogP contribution is -2.18. The molecule has 2 aromatic carbocycles. The molecule has 2 amide bonds. The predicted octanol–water partition coefficient (Wildman–Crippen LogP) is 2.50. The monoisotopic (exact) mass is 396 g/mol. The van der Waals surface area contributed by atoms with Gasteiger partial charge < -0.3 is 10.6 Å². The van der Waals surface area contributed by atoms with Gasteiger partial charge in [-0.1, -0.05) is 24.3 Å². The van der Waals surface area contributed by atoms with Gasteiger partial charge >= 0.3 is 0 Å². The second kappa shape index (κ2) is 9.14. The number of benzene rings is 2. The van der Waals surface area contributed by atoms with Crippen molar-refractivity contribution in [3.05, 3.63) is 54.1 Å². The van der Waals surface area contributed by atoms with Crippen molar-refractivity contribution in [2.24, 2.45) is 7.05 Å². The highest BCUT2D eigenvalue weighted by molar-refractivity contribution is 8.00. The fourth-order valence-corrected chi connectivity index (χ4v) is 3.18. The second-order valence-corrected chi connectivity index (χ2v) is 7.15. The minimum atomic E-state index is -0.179. The summed E-state index contributed by atoms with van der Waals surface area (Å²) in [6.07, 6.45) is 0. The molecule has 3 aromatic rings. The number of rotatable bonds is 7. The van der Waals surface area contributed by atoms with E-state index in [1.54, 1.807) is 23.9 Å². The average molecular weight is 396 g/mol. The van der Waals surface area contributed by atoms with E-state index in [1.807, 2.05) is 43.3 Å². The molecule has 0 saturated heterocycles. The van der Waals surface area contributed by atoms with Crippen LogP contribution in [0.5, 0.6) is 0 Å². The first-order chi connectivity index (χ1) is 13.5. The Kier molecular flexibility index (Phi) is 6.38. The summed E-state index contributed by atoms with van der Waals surface area (Å²) in [5.41, 5.74) is 3.28. The maximum Gasteiger partial charge on any atom is 0.234 e. The fraction of sp³-hybridized carbons (Fsp3) is 0.211. The van der Waals surface area contributed by atoms with Gasteiger partial charge in [-0.2, -0.15) is 0 Å². The Morgan fingerprint density at radius 3 is 2.25 bits per heavy atom. The van der Waals surface area contributed by atoms with Crippen LogP contribution in [0.4, 0.5) is 11.4 Å². The smallest absolute Gasteiger partial charge is 0.234 e. The van der Waals surface area contributed by atoms with Crippen LogP contribution in [-0.2, 0) is 16.6 Å². The fourth-order valence-electron chi connectivity index (χ4n) is 2.56. The third-order valence-electron chi connectivity index (χ3n) is 3.79. The van der Waals surface area contributed by atoms with E-state index in [1.165, 1.54) is 11.8 Å². The van der Waals surface area contributed by atoms with Gasteiger partial charge in [0.2, 0.25) is 11.8 Å².